The standard InChI is InChI=1S/C21H24BrFN6O3/c1-2-32-21(31)17-16(9-29-7-3-4-13(29)10-30)26-20(19-24-11-25-28-19)27-18(17)14-6-5-12(23)8-15(14)22/h5-6,8,11,13,18,30H,2-4,7,9-10H2,1H3,(H,26,27)(H,24,25,28)/t13-,18?/m0/s1. The fourth-order valence-corrected chi connectivity index (χ4v) is 4.64. The molecule has 32 heavy (non-hydrogen) atoms. The number of ether oxygens (including phenoxy) is 1. The van der Waals surface area contributed by atoms with Gasteiger partial charge in [-0.3, -0.25) is 15.0 Å². The summed E-state index contributed by atoms with van der Waals surface area (Å²) in [7, 11) is 0. The van der Waals surface area contributed by atoms with Crippen LogP contribution in [0.15, 0.2) is 45.3 Å². The van der Waals surface area contributed by atoms with Crippen LogP contribution in [-0.4, -0.2) is 69.3 Å². The second kappa shape index (κ2) is 9.88. The van der Waals surface area contributed by atoms with Crippen LogP contribution in [0.4, 0.5) is 4.39 Å². The first-order valence-electron chi connectivity index (χ1n) is 10.4. The van der Waals surface area contributed by atoms with Crippen LogP contribution in [-0.2, 0) is 9.53 Å². The van der Waals surface area contributed by atoms with Gasteiger partial charge in [-0.2, -0.15) is 5.10 Å². The Morgan fingerprint density at radius 3 is 2.97 bits per heavy atom. The molecule has 0 bridgehead atoms. The maximum atomic E-state index is 13.8. The van der Waals surface area contributed by atoms with Crippen molar-refractivity contribution in [1.29, 1.82) is 0 Å². The van der Waals surface area contributed by atoms with Crippen LogP contribution in [0.2, 0.25) is 0 Å². The van der Waals surface area contributed by atoms with Crippen LogP contribution in [0.1, 0.15) is 37.2 Å². The Morgan fingerprint density at radius 1 is 1.44 bits per heavy atom. The molecular formula is C21H24BrFN6O3. The van der Waals surface area contributed by atoms with Crippen molar-refractivity contribution < 1.29 is 19.0 Å². The van der Waals surface area contributed by atoms with Gasteiger partial charge in [0.25, 0.3) is 0 Å². The molecule has 1 aromatic carbocycles. The number of hydrogen-bond donors (Lipinski definition) is 3. The molecule has 0 amide bonds. The van der Waals surface area contributed by atoms with Crippen molar-refractivity contribution in [2.75, 3.05) is 26.3 Å². The molecule has 1 unspecified atom stereocenters. The van der Waals surface area contributed by atoms with E-state index < -0.39 is 17.8 Å². The predicted molar refractivity (Wildman–Crippen MR) is 118 cm³/mol. The number of aliphatic imine (C=N–C) groups is 1. The van der Waals surface area contributed by atoms with Crippen molar-refractivity contribution in [3.8, 4) is 0 Å². The van der Waals surface area contributed by atoms with E-state index in [1.165, 1.54) is 18.5 Å². The summed E-state index contributed by atoms with van der Waals surface area (Å²) in [5, 5.41) is 19.7. The topological polar surface area (TPSA) is 116 Å². The smallest absolute Gasteiger partial charge is 0.338 e. The molecule has 11 heteroatoms. The Kier molecular flexibility index (Phi) is 6.97. The lowest BCUT2D eigenvalue weighted by Crippen LogP contribution is -2.42. The lowest BCUT2D eigenvalue weighted by Gasteiger charge is -2.31. The second-order valence-electron chi connectivity index (χ2n) is 7.57. The number of aliphatic hydroxyl groups excluding tert-OH is 1. The Labute approximate surface area is 192 Å². The fraction of sp³-hybridized carbons (Fsp3) is 0.429. The summed E-state index contributed by atoms with van der Waals surface area (Å²) in [6.07, 6.45) is 3.21. The maximum absolute atomic E-state index is 13.8. The molecule has 9 nitrogen and oxygen atoms in total. The van der Waals surface area contributed by atoms with Crippen LogP contribution in [0.25, 0.3) is 0 Å². The molecule has 0 saturated carbocycles. The van der Waals surface area contributed by atoms with E-state index in [1.54, 1.807) is 13.0 Å². The number of carbonyl (C=O) groups excluding carboxylic acids is 1. The Bertz CT molecular complexity index is 1040. The first-order valence-corrected chi connectivity index (χ1v) is 11.2. The fourth-order valence-electron chi connectivity index (χ4n) is 4.07. The first kappa shape index (κ1) is 22.6. The number of nitrogens with zero attached hydrogens (tertiary/aromatic N) is 4. The molecular weight excluding hydrogens is 483 g/mol. The number of aliphatic hydroxyl groups is 1. The number of nitrogens with one attached hydrogen (secondary N) is 2. The summed E-state index contributed by atoms with van der Waals surface area (Å²) in [5.41, 5.74) is 1.56. The molecule has 3 heterocycles. The van der Waals surface area contributed by atoms with Gasteiger partial charge in [0, 0.05) is 22.8 Å². The zero-order valence-electron chi connectivity index (χ0n) is 17.5. The van der Waals surface area contributed by atoms with Gasteiger partial charge in [-0.05, 0) is 44.0 Å². The third-order valence-electron chi connectivity index (χ3n) is 5.59. The Hall–Kier alpha value is -2.63. The monoisotopic (exact) mass is 506 g/mol. The van der Waals surface area contributed by atoms with Gasteiger partial charge in [-0.15, -0.1) is 0 Å². The normalized spacial score (nSPS) is 21.4. The van der Waals surface area contributed by atoms with Gasteiger partial charge in [-0.1, -0.05) is 22.0 Å². The number of rotatable bonds is 7. The van der Waals surface area contributed by atoms with E-state index in [1.807, 2.05) is 0 Å². The van der Waals surface area contributed by atoms with Gasteiger partial charge in [0.2, 0.25) is 0 Å². The molecule has 2 atom stereocenters. The van der Waals surface area contributed by atoms with E-state index in [-0.39, 0.29) is 19.3 Å². The number of amidine groups is 1. The third kappa shape index (κ3) is 4.59. The van der Waals surface area contributed by atoms with Crippen molar-refractivity contribution >= 4 is 27.7 Å². The average Bonchev–Trinajstić information content (AvgIpc) is 3.45. The van der Waals surface area contributed by atoms with Crippen LogP contribution < -0.4 is 5.32 Å². The number of aromatic nitrogens is 3. The van der Waals surface area contributed by atoms with Gasteiger partial charge in [0.15, 0.2) is 11.7 Å². The van der Waals surface area contributed by atoms with Gasteiger partial charge in [-0.25, -0.2) is 14.2 Å². The number of likely N-dealkylation sites (tertiary alicyclic amines) is 1. The van der Waals surface area contributed by atoms with E-state index in [0.29, 0.717) is 39.5 Å². The number of carbonyl (C=O) groups is 1. The third-order valence-corrected chi connectivity index (χ3v) is 6.28. The van der Waals surface area contributed by atoms with E-state index >= 15 is 0 Å². The highest BCUT2D eigenvalue weighted by Crippen LogP contribution is 2.37. The van der Waals surface area contributed by atoms with Gasteiger partial charge < -0.3 is 15.2 Å². The number of hydrogen-bond acceptors (Lipinski definition) is 8. The van der Waals surface area contributed by atoms with Crippen molar-refractivity contribution in [2.45, 2.75) is 31.8 Å². The Morgan fingerprint density at radius 2 is 2.28 bits per heavy atom. The summed E-state index contributed by atoms with van der Waals surface area (Å²) >= 11 is 3.41. The van der Waals surface area contributed by atoms with E-state index in [4.69, 9.17) is 9.73 Å². The molecule has 0 radical (unpaired) electrons. The summed E-state index contributed by atoms with van der Waals surface area (Å²) in [6, 6.07) is 3.52. The number of halogens is 2. The van der Waals surface area contributed by atoms with Gasteiger partial charge in [0.05, 0.1) is 18.8 Å². The van der Waals surface area contributed by atoms with Crippen LogP contribution >= 0.6 is 15.9 Å². The number of benzene rings is 1. The average molecular weight is 507 g/mol. The largest absolute Gasteiger partial charge is 0.463 e. The highest BCUT2D eigenvalue weighted by molar-refractivity contribution is 9.10. The van der Waals surface area contributed by atoms with Crippen molar-refractivity contribution in [3.05, 3.63) is 57.5 Å². The quantitative estimate of drug-likeness (QED) is 0.492. The van der Waals surface area contributed by atoms with E-state index in [2.05, 4.69) is 41.3 Å². The van der Waals surface area contributed by atoms with Crippen molar-refractivity contribution in [1.82, 2.24) is 25.4 Å². The highest BCUT2D eigenvalue weighted by atomic mass is 79.9. The molecule has 3 N–H and O–H groups in total. The molecule has 2 aliphatic heterocycles. The zero-order chi connectivity index (χ0) is 22.7. The minimum atomic E-state index is -0.754. The molecule has 1 aromatic heterocycles. The number of aromatic amines is 1. The number of esters is 1. The van der Waals surface area contributed by atoms with E-state index in [9.17, 15) is 14.3 Å². The molecule has 2 aliphatic rings. The molecule has 0 aliphatic carbocycles. The van der Waals surface area contributed by atoms with Crippen molar-refractivity contribution in [2.24, 2.45) is 4.99 Å². The molecule has 170 valence electrons. The first-order chi connectivity index (χ1) is 15.5. The van der Waals surface area contributed by atoms with Gasteiger partial charge in [0.1, 0.15) is 18.2 Å². The molecule has 0 spiro atoms. The van der Waals surface area contributed by atoms with E-state index in [0.717, 1.165) is 19.4 Å². The zero-order valence-corrected chi connectivity index (χ0v) is 19.1. The van der Waals surface area contributed by atoms with Crippen molar-refractivity contribution in [3.63, 3.8) is 0 Å². The lowest BCUT2D eigenvalue weighted by molar-refractivity contribution is -0.139. The molecule has 1 fully saturated rings. The summed E-state index contributed by atoms with van der Waals surface area (Å²) in [5.74, 6) is -0.0876. The minimum absolute atomic E-state index is 0.0105. The molecule has 2 aromatic rings. The van der Waals surface area contributed by atoms with Crippen LogP contribution in [0, 0.1) is 5.82 Å². The second-order valence-corrected chi connectivity index (χ2v) is 8.42. The summed E-state index contributed by atoms with van der Waals surface area (Å²) < 4.78 is 19.6. The summed E-state index contributed by atoms with van der Waals surface area (Å²) in [4.78, 5) is 24.1. The van der Waals surface area contributed by atoms with Gasteiger partial charge >= 0.3 is 5.97 Å². The minimum Gasteiger partial charge on any atom is -0.463 e. The maximum Gasteiger partial charge on any atom is 0.338 e. The SMILES string of the molecule is CCOC(=O)C1=C(CN2CCC[C@H]2CO)NC(c2ncn[nH]2)=NC1c1ccc(F)cc1Br. The Balaban J connectivity index is 1.83. The summed E-state index contributed by atoms with van der Waals surface area (Å²) in [6.45, 7) is 3.17. The van der Waals surface area contributed by atoms with Crippen LogP contribution in [0.5, 0.6) is 0 Å². The highest BCUT2D eigenvalue weighted by Gasteiger charge is 2.36. The number of H-pyrrole nitrogens is 1. The predicted octanol–water partition coefficient (Wildman–Crippen LogP) is 2.07. The van der Waals surface area contributed by atoms with Crippen LogP contribution in [0.3, 0.4) is 0 Å². The lowest BCUT2D eigenvalue weighted by atomic mass is 9.95. The molecule has 1 saturated heterocycles. The molecule has 4 rings (SSSR count).